The average molecular weight is 456 g/mol. The van der Waals surface area contributed by atoms with Gasteiger partial charge in [-0.15, -0.1) is 0 Å². The number of aliphatic hydroxyl groups is 1. The number of aliphatic hydroxyl groups excluding tert-OH is 1. The molecule has 0 aliphatic heterocycles. The summed E-state index contributed by atoms with van der Waals surface area (Å²) in [6.45, 7) is -0.0182. The Bertz CT molecular complexity index is 1260. The Balaban J connectivity index is 1.61. The first kappa shape index (κ1) is 22.4. The lowest BCUT2D eigenvalue weighted by molar-refractivity contribution is -0.115. The zero-order chi connectivity index (χ0) is 23.0. The molecule has 0 bridgehead atoms. The molecule has 3 aromatic carbocycles. The van der Waals surface area contributed by atoms with E-state index in [1.165, 1.54) is 0 Å². The minimum absolute atomic E-state index is 0.0182. The van der Waals surface area contributed by atoms with E-state index in [4.69, 9.17) is 16.6 Å². The molecule has 0 aliphatic carbocycles. The Morgan fingerprint density at radius 1 is 0.909 bits per heavy atom. The summed E-state index contributed by atoms with van der Waals surface area (Å²) in [5.41, 5.74) is 4.77. The maximum atomic E-state index is 12.7. The minimum Gasteiger partial charge on any atom is -0.392 e. The molecule has 0 fully saturated rings. The Morgan fingerprint density at radius 2 is 1.61 bits per heavy atom. The molecule has 6 heteroatoms. The fourth-order valence-electron chi connectivity index (χ4n) is 3.24. The van der Waals surface area contributed by atoms with Crippen LogP contribution in [-0.4, -0.2) is 21.0 Å². The van der Waals surface area contributed by atoms with Crippen LogP contribution in [-0.2, 0) is 17.8 Å². The van der Waals surface area contributed by atoms with E-state index in [1.54, 1.807) is 18.3 Å². The van der Waals surface area contributed by atoms with Crippen LogP contribution in [0, 0.1) is 0 Å². The molecule has 1 aromatic heterocycles. The van der Waals surface area contributed by atoms with Gasteiger partial charge in [-0.3, -0.25) is 4.79 Å². The van der Waals surface area contributed by atoms with Crippen LogP contribution >= 0.6 is 11.6 Å². The second kappa shape index (κ2) is 10.7. The van der Waals surface area contributed by atoms with Crippen LogP contribution < -0.4 is 5.32 Å². The highest BCUT2D eigenvalue weighted by molar-refractivity contribution is 6.30. The fraction of sp³-hybridized carbons (Fsp3) is 0.0741. The summed E-state index contributed by atoms with van der Waals surface area (Å²) >= 11 is 5.93. The Labute approximate surface area is 197 Å². The van der Waals surface area contributed by atoms with Crippen LogP contribution in [0.15, 0.2) is 85.1 Å². The van der Waals surface area contributed by atoms with E-state index in [9.17, 15) is 9.90 Å². The molecule has 0 unspecified atom stereocenters. The zero-order valence-corrected chi connectivity index (χ0v) is 18.5. The van der Waals surface area contributed by atoms with Crippen molar-refractivity contribution < 1.29 is 9.90 Å². The van der Waals surface area contributed by atoms with Crippen molar-refractivity contribution in [1.29, 1.82) is 0 Å². The molecule has 0 saturated heterocycles. The quantitative estimate of drug-likeness (QED) is 0.378. The first-order chi connectivity index (χ1) is 16.1. The number of aromatic nitrogens is 2. The molecule has 2 N–H and O–H groups in total. The fourth-order valence-corrected chi connectivity index (χ4v) is 3.37. The van der Waals surface area contributed by atoms with Crippen LogP contribution in [0.3, 0.4) is 0 Å². The second-order valence-electron chi connectivity index (χ2n) is 7.44. The number of halogens is 1. The molecule has 0 atom stereocenters. The van der Waals surface area contributed by atoms with E-state index in [0.717, 1.165) is 22.3 Å². The van der Waals surface area contributed by atoms with Crippen molar-refractivity contribution in [1.82, 2.24) is 9.97 Å². The summed E-state index contributed by atoms with van der Waals surface area (Å²) in [6.07, 6.45) is 5.60. The molecule has 0 spiro atoms. The van der Waals surface area contributed by atoms with Crippen molar-refractivity contribution in [2.75, 3.05) is 5.32 Å². The van der Waals surface area contributed by atoms with E-state index in [-0.39, 0.29) is 18.9 Å². The molecule has 1 amide bonds. The van der Waals surface area contributed by atoms with E-state index in [1.807, 2.05) is 78.9 Å². The predicted octanol–water partition coefficient (Wildman–Crippen LogP) is 5.64. The lowest BCUT2D eigenvalue weighted by Crippen LogP contribution is -2.16. The van der Waals surface area contributed by atoms with Crippen molar-refractivity contribution >= 4 is 35.5 Å². The summed E-state index contributed by atoms with van der Waals surface area (Å²) in [5, 5.41) is 12.8. The van der Waals surface area contributed by atoms with E-state index >= 15 is 0 Å². The smallest absolute Gasteiger partial charge is 0.230 e. The largest absolute Gasteiger partial charge is 0.392 e. The van der Waals surface area contributed by atoms with Gasteiger partial charge in [0.2, 0.25) is 5.91 Å². The lowest BCUT2D eigenvalue weighted by atomic mass is 10.1. The first-order valence-corrected chi connectivity index (χ1v) is 10.8. The van der Waals surface area contributed by atoms with E-state index in [0.29, 0.717) is 22.2 Å². The number of nitrogens with one attached hydrogen (secondary N) is 1. The topological polar surface area (TPSA) is 75.1 Å². The minimum atomic E-state index is -0.193. The first-order valence-electron chi connectivity index (χ1n) is 10.5. The summed E-state index contributed by atoms with van der Waals surface area (Å²) in [7, 11) is 0. The maximum absolute atomic E-state index is 12.7. The van der Waals surface area contributed by atoms with Crippen molar-refractivity contribution in [2.24, 2.45) is 0 Å². The predicted molar refractivity (Wildman–Crippen MR) is 133 cm³/mol. The third-order valence-electron chi connectivity index (χ3n) is 5.00. The second-order valence-corrected chi connectivity index (χ2v) is 7.88. The molecule has 4 rings (SSSR count). The number of anilines is 1. The van der Waals surface area contributed by atoms with Gasteiger partial charge in [0.15, 0.2) is 5.82 Å². The number of hydrogen-bond acceptors (Lipinski definition) is 4. The molecule has 0 radical (unpaired) electrons. The van der Waals surface area contributed by atoms with Crippen molar-refractivity contribution in [3.05, 3.63) is 112 Å². The summed E-state index contributed by atoms with van der Waals surface area (Å²) in [5.74, 6) is 0.193. The Kier molecular flexibility index (Phi) is 7.25. The standard InChI is InChI=1S/C27H22ClN3O2/c28-23-13-8-20(9-14-23)16-26(33)31-27-24(15-10-19-4-2-1-3-5-19)30-25(17-29-27)22-11-6-21(18-32)7-12-22/h1-15,17,32H,16,18H2,(H,29,31,33). The number of benzene rings is 3. The third-order valence-corrected chi connectivity index (χ3v) is 5.25. The third kappa shape index (κ3) is 6.13. The van der Waals surface area contributed by atoms with Gasteiger partial charge in [-0.25, -0.2) is 9.97 Å². The van der Waals surface area contributed by atoms with Gasteiger partial charge in [-0.05, 0) is 34.9 Å². The van der Waals surface area contributed by atoms with Crippen molar-refractivity contribution in [3.8, 4) is 11.3 Å². The molecule has 5 nitrogen and oxygen atoms in total. The highest BCUT2D eigenvalue weighted by Crippen LogP contribution is 2.22. The van der Waals surface area contributed by atoms with Crippen molar-refractivity contribution in [2.45, 2.75) is 13.0 Å². The summed E-state index contributed by atoms with van der Waals surface area (Å²) in [6, 6.07) is 24.5. The van der Waals surface area contributed by atoms with Crippen LogP contribution in [0.2, 0.25) is 5.02 Å². The number of carbonyl (C=O) groups is 1. The van der Waals surface area contributed by atoms with Crippen LogP contribution in [0.1, 0.15) is 22.4 Å². The number of hydrogen-bond donors (Lipinski definition) is 2. The van der Waals surface area contributed by atoms with Crippen molar-refractivity contribution in [3.63, 3.8) is 0 Å². The molecular weight excluding hydrogens is 434 g/mol. The average Bonchev–Trinajstić information content (AvgIpc) is 2.85. The zero-order valence-electron chi connectivity index (χ0n) is 17.8. The van der Waals surface area contributed by atoms with Crippen LogP contribution in [0.5, 0.6) is 0 Å². The van der Waals surface area contributed by atoms with Gasteiger partial charge in [0.25, 0.3) is 0 Å². The molecular formula is C27H22ClN3O2. The van der Waals surface area contributed by atoms with Gasteiger partial charge in [0.05, 0.1) is 24.9 Å². The van der Waals surface area contributed by atoms with Gasteiger partial charge in [-0.2, -0.15) is 0 Å². The summed E-state index contributed by atoms with van der Waals surface area (Å²) in [4.78, 5) is 21.9. The monoisotopic (exact) mass is 455 g/mol. The van der Waals surface area contributed by atoms with Gasteiger partial charge in [-0.1, -0.05) is 84.4 Å². The normalized spacial score (nSPS) is 11.0. The SMILES string of the molecule is O=C(Cc1ccc(Cl)cc1)Nc1ncc(-c2ccc(CO)cc2)nc1C=Cc1ccccc1. The van der Waals surface area contributed by atoms with Gasteiger partial charge in [0, 0.05) is 10.6 Å². The Morgan fingerprint density at radius 3 is 2.30 bits per heavy atom. The lowest BCUT2D eigenvalue weighted by Gasteiger charge is -2.10. The van der Waals surface area contributed by atoms with Gasteiger partial charge < -0.3 is 10.4 Å². The maximum Gasteiger partial charge on any atom is 0.230 e. The molecule has 33 heavy (non-hydrogen) atoms. The molecule has 4 aromatic rings. The molecule has 1 heterocycles. The highest BCUT2D eigenvalue weighted by Gasteiger charge is 2.11. The number of nitrogens with zero attached hydrogens (tertiary/aromatic N) is 2. The molecule has 0 saturated carbocycles. The highest BCUT2D eigenvalue weighted by atomic mass is 35.5. The molecule has 164 valence electrons. The van der Waals surface area contributed by atoms with Gasteiger partial charge in [0.1, 0.15) is 5.69 Å². The number of carbonyl (C=O) groups excluding carboxylic acids is 1. The molecule has 0 aliphatic rings. The number of amides is 1. The van der Waals surface area contributed by atoms with E-state index < -0.39 is 0 Å². The Hall–Kier alpha value is -3.80. The number of rotatable bonds is 7. The van der Waals surface area contributed by atoms with Gasteiger partial charge >= 0.3 is 0 Å². The van der Waals surface area contributed by atoms with Crippen LogP contribution in [0.4, 0.5) is 5.82 Å². The van der Waals surface area contributed by atoms with Crippen LogP contribution in [0.25, 0.3) is 23.4 Å². The van der Waals surface area contributed by atoms with E-state index in [2.05, 4.69) is 10.3 Å². The summed E-state index contributed by atoms with van der Waals surface area (Å²) < 4.78 is 0.